The van der Waals surface area contributed by atoms with Crippen LogP contribution in [0.5, 0.6) is 0 Å². The van der Waals surface area contributed by atoms with Gasteiger partial charge in [0.25, 0.3) is 0 Å². The molecule has 0 aliphatic carbocycles. The molecular weight excluding hydrogens is 236 g/mol. The summed E-state index contributed by atoms with van der Waals surface area (Å²) in [5.74, 6) is 2.89. The molecule has 1 N–H and O–H groups in total. The van der Waals surface area contributed by atoms with Gasteiger partial charge < -0.3 is 9.67 Å². The maximum Gasteiger partial charge on any atom is 0.356 e. The van der Waals surface area contributed by atoms with Gasteiger partial charge in [-0.25, -0.2) is 9.78 Å². The van der Waals surface area contributed by atoms with Gasteiger partial charge in [-0.1, -0.05) is 0 Å². The van der Waals surface area contributed by atoms with Gasteiger partial charge in [0, 0.05) is 18.2 Å². The molecule has 0 radical (unpaired) electrons. The van der Waals surface area contributed by atoms with Gasteiger partial charge in [-0.3, -0.25) is 0 Å². The summed E-state index contributed by atoms with van der Waals surface area (Å²) in [5.41, 5.74) is 1.26. The maximum atomic E-state index is 11.2. The van der Waals surface area contributed by atoms with Gasteiger partial charge in [0.1, 0.15) is 5.82 Å². The number of hydrogen-bond donors (Lipinski definition) is 1. The minimum atomic E-state index is -0.868. The molecule has 17 heavy (non-hydrogen) atoms. The zero-order valence-corrected chi connectivity index (χ0v) is 10.5. The molecule has 2 aliphatic rings. The number of carboxylic acid groups (broad SMARTS) is 1. The summed E-state index contributed by atoms with van der Waals surface area (Å²) >= 11 is 1.94. The smallest absolute Gasteiger partial charge is 0.356 e. The average Bonchev–Trinajstić information content (AvgIpc) is 2.95. The van der Waals surface area contributed by atoms with Crippen LogP contribution in [0.2, 0.25) is 0 Å². The second-order valence-electron chi connectivity index (χ2n) is 4.74. The van der Waals surface area contributed by atoms with Gasteiger partial charge in [0.05, 0.1) is 5.69 Å². The lowest BCUT2D eigenvalue weighted by molar-refractivity contribution is 0.0689. The lowest BCUT2D eigenvalue weighted by atomic mass is 10.1. The third kappa shape index (κ3) is 1.86. The minimum absolute atomic E-state index is 0.302. The van der Waals surface area contributed by atoms with E-state index in [4.69, 9.17) is 0 Å². The Kier molecular flexibility index (Phi) is 2.86. The van der Waals surface area contributed by atoms with E-state index in [1.807, 2.05) is 11.8 Å². The molecule has 3 heterocycles. The highest BCUT2D eigenvalue weighted by atomic mass is 32.2. The number of nitrogens with zero attached hydrogens (tertiary/aromatic N) is 2. The Morgan fingerprint density at radius 3 is 3.06 bits per heavy atom. The SMILES string of the molecule is O=C(O)c1nc(C2CCSC2)n2c1CCCC2. The van der Waals surface area contributed by atoms with Gasteiger partial charge in [-0.15, -0.1) is 0 Å². The third-order valence-electron chi connectivity index (χ3n) is 3.64. The topological polar surface area (TPSA) is 55.1 Å². The van der Waals surface area contributed by atoms with E-state index in [-0.39, 0.29) is 0 Å². The molecule has 0 bridgehead atoms. The zero-order chi connectivity index (χ0) is 11.8. The van der Waals surface area contributed by atoms with E-state index in [0.29, 0.717) is 11.6 Å². The quantitative estimate of drug-likeness (QED) is 0.876. The number of carbonyl (C=O) groups is 1. The molecule has 1 atom stereocenters. The summed E-state index contributed by atoms with van der Waals surface area (Å²) in [6.07, 6.45) is 4.24. The molecule has 0 saturated carbocycles. The van der Waals surface area contributed by atoms with Gasteiger partial charge >= 0.3 is 5.97 Å². The highest BCUT2D eigenvalue weighted by Gasteiger charge is 2.29. The number of thioether (sulfide) groups is 1. The van der Waals surface area contributed by atoms with Crippen LogP contribution in [0.4, 0.5) is 0 Å². The maximum absolute atomic E-state index is 11.2. The summed E-state index contributed by atoms with van der Waals surface area (Å²) in [5, 5.41) is 9.22. The van der Waals surface area contributed by atoms with Crippen molar-refractivity contribution in [2.24, 2.45) is 0 Å². The first-order valence-corrected chi connectivity index (χ1v) is 7.33. The van der Waals surface area contributed by atoms with E-state index in [2.05, 4.69) is 9.55 Å². The molecule has 5 heteroatoms. The summed E-state index contributed by atoms with van der Waals surface area (Å²) in [6.45, 7) is 0.951. The first kappa shape index (κ1) is 11.1. The predicted molar refractivity (Wildman–Crippen MR) is 66.8 cm³/mol. The standard InChI is InChI=1S/C12H16N2O2S/c15-12(16)10-9-3-1-2-5-14(9)11(13-10)8-4-6-17-7-8/h8H,1-7H2,(H,15,16). The van der Waals surface area contributed by atoms with E-state index < -0.39 is 5.97 Å². The second kappa shape index (κ2) is 4.37. The molecule has 1 aromatic heterocycles. The number of aromatic carboxylic acids is 1. The van der Waals surface area contributed by atoms with Crippen LogP contribution in [-0.4, -0.2) is 32.1 Å². The molecule has 0 amide bonds. The molecular formula is C12H16N2O2S. The molecule has 0 aromatic carbocycles. The normalized spacial score (nSPS) is 23.6. The van der Waals surface area contributed by atoms with E-state index >= 15 is 0 Å². The summed E-state index contributed by atoms with van der Waals surface area (Å²) in [6, 6.07) is 0. The van der Waals surface area contributed by atoms with E-state index in [0.717, 1.165) is 49.5 Å². The highest BCUT2D eigenvalue weighted by Crippen LogP contribution is 2.34. The Balaban J connectivity index is 2.05. The van der Waals surface area contributed by atoms with Crippen LogP contribution in [-0.2, 0) is 13.0 Å². The second-order valence-corrected chi connectivity index (χ2v) is 5.89. The van der Waals surface area contributed by atoms with Crippen molar-refractivity contribution in [2.45, 2.75) is 38.1 Å². The average molecular weight is 252 g/mol. The fourth-order valence-corrected chi connectivity index (χ4v) is 4.01. The highest BCUT2D eigenvalue weighted by molar-refractivity contribution is 7.99. The van der Waals surface area contributed by atoms with E-state index in [1.54, 1.807) is 0 Å². The van der Waals surface area contributed by atoms with Gasteiger partial charge in [0.2, 0.25) is 0 Å². The Morgan fingerprint density at radius 1 is 1.47 bits per heavy atom. The predicted octanol–water partition coefficient (Wildman–Crippen LogP) is 2.14. The lowest BCUT2D eigenvalue weighted by Gasteiger charge is -2.18. The van der Waals surface area contributed by atoms with Crippen molar-refractivity contribution in [1.82, 2.24) is 9.55 Å². The number of carboxylic acids is 1. The van der Waals surface area contributed by atoms with Crippen molar-refractivity contribution in [3.8, 4) is 0 Å². The van der Waals surface area contributed by atoms with Crippen LogP contribution in [0, 0.1) is 0 Å². The summed E-state index contributed by atoms with van der Waals surface area (Å²) in [7, 11) is 0. The monoisotopic (exact) mass is 252 g/mol. The molecule has 1 unspecified atom stereocenters. The van der Waals surface area contributed by atoms with Crippen LogP contribution in [0.25, 0.3) is 0 Å². The molecule has 1 saturated heterocycles. The molecule has 0 spiro atoms. The van der Waals surface area contributed by atoms with Crippen LogP contribution in [0.3, 0.4) is 0 Å². The van der Waals surface area contributed by atoms with Crippen molar-refractivity contribution in [1.29, 1.82) is 0 Å². The Labute approximate surface area is 104 Å². The van der Waals surface area contributed by atoms with E-state index in [9.17, 15) is 9.90 Å². The van der Waals surface area contributed by atoms with E-state index in [1.165, 1.54) is 5.75 Å². The molecule has 92 valence electrons. The van der Waals surface area contributed by atoms with Crippen LogP contribution < -0.4 is 0 Å². The third-order valence-corrected chi connectivity index (χ3v) is 4.81. The van der Waals surface area contributed by atoms with Gasteiger partial charge in [-0.2, -0.15) is 11.8 Å². The number of imidazole rings is 1. The summed E-state index contributed by atoms with van der Waals surface area (Å²) in [4.78, 5) is 15.6. The van der Waals surface area contributed by atoms with Crippen molar-refractivity contribution in [2.75, 3.05) is 11.5 Å². The largest absolute Gasteiger partial charge is 0.476 e. The number of rotatable bonds is 2. The first-order chi connectivity index (χ1) is 8.27. The van der Waals surface area contributed by atoms with Crippen molar-refractivity contribution in [3.63, 3.8) is 0 Å². The first-order valence-electron chi connectivity index (χ1n) is 6.17. The lowest BCUT2D eigenvalue weighted by Crippen LogP contribution is -2.16. The fraction of sp³-hybridized carbons (Fsp3) is 0.667. The minimum Gasteiger partial charge on any atom is -0.476 e. The molecule has 1 aromatic rings. The van der Waals surface area contributed by atoms with Crippen molar-refractivity contribution >= 4 is 17.7 Å². The van der Waals surface area contributed by atoms with Gasteiger partial charge in [0.15, 0.2) is 5.69 Å². The van der Waals surface area contributed by atoms with Gasteiger partial charge in [-0.05, 0) is 31.4 Å². The van der Waals surface area contributed by atoms with Crippen LogP contribution >= 0.6 is 11.8 Å². The molecule has 2 aliphatic heterocycles. The number of aromatic nitrogens is 2. The Bertz CT molecular complexity index is 450. The Morgan fingerprint density at radius 2 is 2.35 bits per heavy atom. The summed E-state index contributed by atoms with van der Waals surface area (Å²) < 4.78 is 2.18. The van der Waals surface area contributed by atoms with Crippen LogP contribution in [0.1, 0.15) is 47.2 Å². The number of fused-ring (bicyclic) bond motifs is 1. The fourth-order valence-electron chi connectivity index (χ4n) is 2.79. The van der Waals surface area contributed by atoms with Crippen LogP contribution in [0.15, 0.2) is 0 Å². The Hall–Kier alpha value is -0.970. The number of hydrogen-bond acceptors (Lipinski definition) is 3. The molecule has 1 fully saturated rings. The zero-order valence-electron chi connectivity index (χ0n) is 9.69. The molecule has 3 rings (SSSR count). The molecule has 4 nitrogen and oxygen atoms in total. The van der Waals surface area contributed by atoms with Crippen molar-refractivity contribution < 1.29 is 9.90 Å². The van der Waals surface area contributed by atoms with Crippen molar-refractivity contribution in [3.05, 3.63) is 17.2 Å².